The lowest BCUT2D eigenvalue weighted by Gasteiger charge is -2.00. The lowest BCUT2D eigenvalue weighted by Crippen LogP contribution is -2.14. The van der Waals surface area contributed by atoms with Crippen LogP contribution < -0.4 is 5.73 Å². The van der Waals surface area contributed by atoms with Crippen LogP contribution in [0.25, 0.3) is 0 Å². The maximum absolute atomic E-state index is 8.70. The summed E-state index contributed by atoms with van der Waals surface area (Å²) in [7, 11) is 0. The van der Waals surface area contributed by atoms with Crippen LogP contribution in [0, 0.1) is 5.92 Å². The monoisotopic (exact) mass is 141 g/mol. The van der Waals surface area contributed by atoms with Gasteiger partial charge in [-0.15, -0.1) is 0 Å². The lowest BCUT2D eigenvalue weighted by atomic mass is 10.1. The summed E-state index contributed by atoms with van der Waals surface area (Å²) in [6, 6.07) is 0. The van der Waals surface area contributed by atoms with E-state index >= 15 is 0 Å². The highest BCUT2D eigenvalue weighted by molar-refractivity contribution is 4.93. The van der Waals surface area contributed by atoms with Crippen LogP contribution in [0.5, 0.6) is 0 Å². The smallest absolute Gasteiger partial charge is 0.121 e. The van der Waals surface area contributed by atoms with Crippen molar-refractivity contribution in [3.63, 3.8) is 0 Å². The van der Waals surface area contributed by atoms with Gasteiger partial charge in [0.05, 0.1) is 0 Å². The predicted octanol–water partition coefficient (Wildman–Crippen LogP) is 1.01. The highest BCUT2D eigenvalue weighted by Gasteiger charge is 2.10. The molecule has 1 atom stereocenters. The highest BCUT2D eigenvalue weighted by atomic mass is 16.3. The molecule has 0 bridgehead atoms. The fraction of sp³-hybridized carbons (Fsp3) is 0.750. The molecule has 2 heteroatoms. The second-order valence-electron chi connectivity index (χ2n) is 2.92. The first-order valence-electron chi connectivity index (χ1n) is 3.91. The van der Waals surface area contributed by atoms with Crippen LogP contribution in [0.4, 0.5) is 0 Å². The van der Waals surface area contributed by atoms with Gasteiger partial charge < -0.3 is 10.8 Å². The van der Waals surface area contributed by atoms with Crippen molar-refractivity contribution in [3.05, 3.63) is 12.2 Å². The van der Waals surface area contributed by atoms with Gasteiger partial charge in [-0.3, -0.25) is 0 Å². The number of rotatable bonds is 2. The van der Waals surface area contributed by atoms with Crippen molar-refractivity contribution in [2.45, 2.75) is 31.9 Å². The van der Waals surface area contributed by atoms with Gasteiger partial charge in [-0.25, -0.2) is 0 Å². The summed E-state index contributed by atoms with van der Waals surface area (Å²) in [5, 5.41) is 8.70. The molecule has 0 aromatic carbocycles. The van der Waals surface area contributed by atoms with Gasteiger partial charge >= 0.3 is 0 Å². The Kier molecular flexibility index (Phi) is 2.90. The van der Waals surface area contributed by atoms with Crippen LogP contribution >= 0.6 is 0 Å². The molecular formula is C8H15NO. The molecule has 0 aromatic heterocycles. The quantitative estimate of drug-likeness (QED) is 0.445. The molecule has 3 N–H and O–H groups in total. The van der Waals surface area contributed by atoms with E-state index in [1.807, 2.05) is 6.08 Å². The van der Waals surface area contributed by atoms with Crippen LogP contribution in [0.3, 0.4) is 0 Å². The number of hydrogen-bond donors (Lipinski definition) is 2. The van der Waals surface area contributed by atoms with Crippen LogP contribution in [-0.4, -0.2) is 11.3 Å². The minimum Gasteiger partial charge on any atom is -0.375 e. The normalized spacial score (nSPS) is 24.2. The van der Waals surface area contributed by atoms with Crippen molar-refractivity contribution >= 4 is 0 Å². The standard InChI is InChI=1S/C8H15NO/c9-8(10)6-5-7-3-1-2-4-7/h5-8,10H,1-4,9H2/b6-5+/t8-/m0/s1. The summed E-state index contributed by atoms with van der Waals surface area (Å²) < 4.78 is 0. The second-order valence-corrected chi connectivity index (χ2v) is 2.92. The Hall–Kier alpha value is -0.340. The third kappa shape index (κ3) is 2.50. The molecule has 0 heterocycles. The molecule has 58 valence electrons. The van der Waals surface area contributed by atoms with E-state index in [0.29, 0.717) is 5.92 Å². The zero-order chi connectivity index (χ0) is 7.40. The molecule has 0 amide bonds. The van der Waals surface area contributed by atoms with Crippen LogP contribution in [0.15, 0.2) is 12.2 Å². The fourth-order valence-electron chi connectivity index (χ4n) is 1.42. The molecule has 1 aliphatic rings. The summed E-state index contributed by atoms with van der Waals surface area (Å²) >= 11 is 0. The molecule has 0 radical (unpaired) electrons. The molecule has 2 nitrogen and oxygen atoms in total. The number of aliphatic hydroxyl groups excluding tert-OH is 1. The second kappa shape index (κ2) is 3.74. The molecular weight excluding hydrogens is 126 g/mol. The third-order valence-electron chi connectivity index (χ3n) is 1.98. The van der Waals surface area contributed by atoms with Gasteiger partial charge in [0.25, 0.3) is 0 Å². The van der Waals surface area contributed by atoms with Gasteiger partial charge in [0, 0.05) is 0 Å². The molecule has 0 aromatic rings. The zero-order valence-electron chi connectivity index (χ0n) is 6.16. The van der Waals surface area contributed by atoms with Crippen molar-refractivity contribution in [2.24, 2.45) is 11.7 Å². The topological polar surface area (TPSA) is 46.2 Å². The van der Waals surface area contributed by atoms with E-state index in [-0.39, 0.29) is 0 Å². The van der Waals surface area contributed by atoms with Crippen LogP contribution in [0.1, 0.15) is 25.7 Å². The Morgan fingerprint density at radius 3 is 2.50 bits per heavy atom. The Morgan fingerprint density at radius 1 is 1.40 bits per heavy atom. The van der Waals surface area contributed by atoms with Gasteiger partial charge in [-0.1, -0.05) is 18.9 Å². The van der Waals surface area contributed by atoms with Gasteiger partial charge in [-0.2, -0.15) is 0 Å². The van der Waals surface area contributed by atoms with Gasteiger partial charge in [-0.05, 0) is 24.8 Å². The maximum atomic E-state index is 8.70. The van der Waals surface area contributed by atoms with E-state index in [1.165, 1.54) is 25.7 Å². The van der Waals surface area contributed by atoms with Crippen molar-refractivity contribution in [3.8, 4) is 0 Å². The predicted molar refractivity (Wildman–Crippen MR) is 41.3 cm³/mol. The number of nitrogens with two attached hydrogens (primary N) is 1. The minimum atomic E-state index is -0.763. The van der Waals surface area contributed by atoms with Crippen molar-refractivity contribution in [1.29, 1.82) is 0 Å². The Labute approximate surface area is 61.7 Å². The van der Waals surface area contributed by atoms with Crippen LogP contribution in [-0.2, 0) is 0 Å². The average molecular weight is 141 g/mol. The summed E-state index contributed by atoms with van der Waals surface area (Å²) in [6.45, 7) is 0. The van der Waals surface area contributed by atoms with E-state index in [2.05, 4.69) is 0 Å². The summed E-state index contributed by atoms with van der Waals surface area (Å²) in [4.78, 5) is 0. The Morgan fingerprint density at radius 2 is 2.00 bits per heavy atom. The first-order valence-corrected chi connectivity index (χ1v) is 3.91. The SMILES string of the molecule is N[C@@H](O)/C=C/C1CCCC1. The van der Waals surface area contributed by atoms with E-state index in [0.717, 1.165) is 0 Å². The summed E-state index contributed by atoms with van der Waals surface area (Å²) in [6.07, 6.45) is 8.14. The molecule has 10 heavy (non-hydrogen) atoms. The van der Waals surface area contributed by atoms with Crippen molar-refractivity contribution in [2.75, 3.05) is 0 Å². The summed E-state index contributed by atoms with van der Waals surface area (Å²) in [5.74, 6) is 0.679. The molecule has 1 aliphatic carbocycles. The molecule has 1 fully saturated rings. The number of hydrogen-bond acceptors (Lipinski definition) is 2. The fourth-order valence-corrected chi connectivity index (χ4v) is 1.42. The van der Waals surface area contributed by atoms with Gasteiger partial charge in [0.15, 0.2) is 0 Å². The largest absolute Gasteiger partial charge is 0.375 e. The number of allylic oxidation sites excluding steroid dienone is 1. The maximum Gasteiger partial charge on any atom is 0.121 e. The Bertz CT molecular complexity index is 114. The van der Waals surface area contributed by atoms with Crippen molar-refractivity contribution in [1.82, 2.24) is 0 Å². The molecule has 0 aliphatic heterocycles. The van der Waals surface area contributed by atoms with Gasteiger partial charge in [0.2, 0.25) is 0 Å². The highest BCUT2D eigenvalue weighted by Crippen LogP contribution is 2.25. The molecule has 1 rings (SSSR count). The van der Waals surface area contributed by atoms with Crippen molar-refractivity contribution < 1.29 is 5.11 Å². The first-order chi connectivity index (χ1) is 4.79. The van der Waals surface area contributed by atoms with E-state index < -0.39 is 6.23 Å². The van der Waals surface area contributed by atoms with E-state index in [1.54, 1.807) is 6.08 Å². The van der Waals surface area contributed by atoms with E-state index in [9.17, 15) is 0 Å². The zero-order valence-corrected chi connectivity index (χ0v) is 6.16. The van der Waals surface area contributed by atoms with Crippen LogP contribution in [0.2, 0.25) is 0 Å². The first kappa shape index (κ1) is 7.76. The molecule has 1 saturated carbocycles. The molecule has 0 spiro atoms. The third-order valence-corrected chi connectivity index (χ3v) is 1.98. The molecule has 0 unspecified atom stereocenters. The molecule has 0 saturated heterocycles. The average Bonchev–Trinajstić information content (AvgIpc) is 2.34. The Balaban J connectivity index is 2.23. The number of aliphatic hydroxyl groups is 1. The van der Waals surface area contributed by atoms with E-state index in [4.69, 9.17) is 10.8 Å². The lowest BCUT2D eigenvalue weighted by molar-refractivity contribution is 0.231. The van der Waals surface area contributed by atoms with Gasteiger partial charge in [0.1, 0.15) is 6.23 Å². The minimum absolute atomic E-state index is 0.679. The summed E-state index contributed by atoms with van der Waals surface area (Å²) in [5.41, 5.74) is 5.14.